The van der Waals surface area contributed by atoms with Gasteiger partial charge >= 0.3 is 6.18 Å². The smallest absolute Gasteiger partial charge is 0.365 e. The van der Waals surface area contributed by atoms with Gasteiger partial charge < -0.3 is 10.6 Å². The molecule has 0 fully saturated rings. The van der Waals surface area contributed by atoms with Gasteiger partial charge in [0.15, 0.2) is 0 Å². The molecule has 0 aliphatic rings. The molecule has 0 unspecified atom stereocenters. The summed E-state index contributed by atoms with van der Waals surface area (Å²) in [6.45, 7) is -0.665. The van der Waals surface area contributed by atoms with Crippen molar-refractivity contribution in [1.82, 2.24) is 0 Å². The minimum absolute atomic E-state index is 0.344. The fourth-order valence-corrected chi connectivity index (χ4v) is 1.91. The topological polar surface area (TPSA) is 29.3 Å². The highest BCUT2D eigenvalue weighted by Gasteiger charge is 2.30. The molecule has 2 N–H and O–H groups in total. The van der Waals surface area contributed by atoms with Gasteiger partial charge in [-0.3, -0.25) is 0 Å². The van der Waals surface area contributed by atoms with Crippen LogP contribution < -0.4 is 10.6 Å². The average molecular weight is 267 g/mol. The summed E-state index contributed by atoms with van der Waals surface area (Å²) in [4.78, 5) is 1.14. The second-order valence-corrected chi connectivity index (χ2v) is 4.15. The lowest BCUT2D eigenvalue weighted by Crippen LogP contribution is -2.31. The molecule has 0 amide bonds. The highest BCUT2D eigenvalue weighted by Crippen LogP contribution is 2.29. The fourth-order valence-electron chi connectivity index (χ4n) is 1.65. The van der Waals surface area contributed by atoms with Crippen LogP contribution in [0, 0.1) is 0 Å². The van der Waals surface area contributed by atoms with Crippen LogP contribution >= 0.6 is 11.6 Å². The van der Waals surface area contributed by atoms with Crippen molar-refractivity contribution in [2.24, 2.45) is 5.73 Å². The van der Waals surface area contributed by atoms with Gasteiger partial charge in [-0.1, -0.05) is 17.7 Å². The summed E-state index contributed by atoms with van der Waals surface area (Å²) in [6.07, 6.45) is -3.78. The third-order valence-electron chi connectivity index (χ3n) is 2.32. The first-order valence-electron chi connectivity index (χ1n) is 5.10. The zero-order chi connectivity index (χ0) is 13.1. The van der Waals surface area contributed by atoms with Gasteiger partial charge in [0.2, 0.25) is 0 Å². The minimum atomic E-state index is -4.24. The highest BCUT2D eigenvalue weighted by atomic mass is 35.5. The molecule has 1 aromatic rings. The predicted octanol–water partition coefficient (Wildman–Crippen LogP) is 2.84. The van der Waals surface area contributed by atoms with Gasteiger partial charge in [0, 0.05) is 17.8 Å². The van der Waals surface area contributed by atoms with Crippen LogP contribution in [0.25, 0.3) is 0 Å². The van der Waals surface area contributed by atoms with E-state index in [2.05, 4.69) is 0 Å². The van der Waals surface area contributed by atoms with Gasteiger partial charge in [0.05, 0.1) is 0 Å². The number of nitrogens with zero attached hydrogens (tertiary/aromatic N) is 1. The van der Waals surface area contributed by atoms with E-state index in [1.54, 1.807) is 18.2 Å². The van der Waals surface area contributed by atoms with Crippen LogP contribution in [0.2, 0.25) is 5.02 Å². The van der Waals surface area contributed by atoms with E-state index >= 15 is 0 Å². The van der Waals surface area contributed by atoms with E-state index in [1.165, 1.54) is 7.05 Å². The SMILES string of the molecule is CN(CC(F)(F)F)c1cccc(Cl)c1CCN. The Balaban J connectivity index is 3.00. The molecule has 0 saturated heterocycles. The van der Waals surface area contributed by atoms with E-state index in [9.17, 15) is 13.2 Å². The number of rotatable bonds is 4. The lowest BCUT2D eigenvalue weighted by Gasteiger charge is -2.24. The summed E-state index contributed by atoms with van der Waals surface area (Å²) in [6, 6.07) is 4.89. The lowest BCUT2D eigenvalue weighted by atomic mass is 10.1. The van der Waals surface area contributed by atoms with Gasteiger partial charge in [0.1, 0.15) is 6.54 Å². The first-order chi connectivity index (χ1) is 7.85. The number of alkyl halides is 3. The monoisotopic (exact) mass is 266 g/mol. The molecule has 0 heterocycles. The van der Waals surface area contributed by atoms with Gasteiger partial charge in [-0.2, -0.15) is 13.2 Å². The Hall–Kier alpha value is -0.940. The molecular formula is C11H14ClF3N2. The summed E-state index contributed by atoms with van der Waals surface area (Å²) in [5, 5.41) is 0.446. The molecule has 1 rings (SSSR count). The van der Waals surface area contributed by atoms with E-state index in [1.807, 2.05) is 0 Å². The van der Waals surface area contributed by atoms with Crippen molar-refractivity contribution in [3.63, 3.8) is 0 Å². The molecule has 17 heavy (non-hydrogen) atoms. The molecule has 0 radical (unpaired) electrons. The van der Waals surface area contributed by atoms with Gasteiger partial charge in [-0.15, -0.1) is 0 Å². The Bertz CT molecular complexity index is 379. The van der Waals surface area contributed by atoms with Crippen LogP contribution in [-0.4, -0.2) is 26.3 Å². The average Bonchev–Trinajstić information content (AvgIpc) is 2.18. The fraction of sp³-hybridized carbons (Fsp3) is 0.455. The molecule has 2 nitrogen and oxygen atoms in total. The van der Waals surface area contributed by atoms with Crippen molar-refractivity contribution in [2.45, 2.75) is 12.6 Å². The van der Waals surface area contributed by atoms with Crippen LogP contribution in [0.4, 0.5) is 18.9 Å². The molecule has 0 spiro atoms. The third-order valence-corrected chi connectivity index (χ3v) is 2.67. The summed E-state index contributed by atoms with van der Waals surface area (Å²) in [5.74, 6) is 0. The van der Waals surface area contributed by atoms with Gasteiger partial charge in [-0.05, 0) is 30.7 Å². The third kappa shape index (κ3) is 4.09. The van der Waals surface area contributed by atoms with Crippen molar-refractivity contribution >= 4 is 17.3 Å². The molecule has 0 bridgehead atoms. The second kappa shape index (κ2) is 5.60. The van der Waals surface area contributed by atoms with E-state index in [0.717, 1.165) is 4.90 Å². The summed E-state index contributed by atoms with van der Waals surface area (Å²) >= 11 is 5.96. The summed E-state index contributed by atoms with van der Waals surface area (Å²) < 4.78 is 36.9. The molecule has 1 aromatic carbocycles. The number of hydrogen-bond donors (Lipinski definition) is 1. The number of nitrogens with two attached hydrogens (primary N) is 1. The van der Waals surface area contributed by atoms with E-state index in [-0.39, 0.29) is 0 Å². The quantitative estimate of drug-likeness (QED) is 0.908. The Morgan fingerprint density at radius 1 is 1.35 bits per heavy atom. The number of halogens is 4. The van der Waals surface area contributed by atoms with Crippen molar-refractivity contribution in [3.8, 4) is 0 Å². The molecular weight excluding hydrogens is 253 g/mol. The first kappa shape index (κ1) is 14.1. The number of anilines is 1. The zero-order valence-electron chi connectivity index (χ0n) is 9.39. The normalized spacial score (nSPS) is 11.6. The number of benzene rings is 1. The largest absolute Gasteiger partial charge is 0.405 e. The van der Waals surface area contributed by atoms with E-state index in [4.69, 9.17) is 17.3 Å². The van der Waals surface area contributed by atoms with Crippen LogP contribution in [0.5, 0.6) is 0 Å². The standard InChI is InChI=1S/C11H14ClF3N2/c1-17(7-11(13,14)15)10-4-2-3-9(12)8(10)5-6-16/h2-4H,5-7,16H2,1H3. The molecule has 0 saturated carbocycles. The molecule has 0 aliphatic carbocycles. The Kier molecular flexibility index (Phi) is 4.65. The maximum atomic E-state index is 12.3. The summed E-state index contributed by atoms with van der Waals surface area (Å²) in [5.41, 5.74) is 6.55. The molecule has 6 heteroatoms. The van der Waals surface area contributed by atoms with Crippen molar-refractivity contribution in [1.29, 1.82) is 0 Å². The maximum absolute atomic E-state index is 12.3. The Morgan fingerprint density at radius 3 is 2.53 bits per heavy atom. The van der Waals surface area contributed by atoms with Gasteiger partial charge in [0.25, 0.3) is 0 Å². The van der Waals surface area contributed by atoms with Crippen molar-refractivity contribution in [2.75, 3.05) is 25.0 Å². The molecule has 0 aromatic heterocycles. The van der Waals surface area contributed by atoms with E-state index < -0.39 is 12.7 Å². The molecule has 0 aliphatic heterocycles. The minimum Gasteiger partial charge on any atom is -0.365 e. The van der Waals surface area contributed by atoms with Crippen LogP contribution in [0.1, 0.15) is 5.56 Å². The lowest BCUT2D eigenvalue weighted by molar-refractivity contribution is -0.119. The second-order valence-electron chi connectivity index (χ2n) is 3.75. The van der Waals surface area contributed by atoms with Crippen molar-refractivity contribution < 1.29 is 13.2 Å². The Morgan fingerprint density at radius 2 is 2.00 bits per heavy atom. The van der Waals surface area contributed by atoms with Crippen LogP contribution in [-0.2, 0) is 6.42 Å². The number of hydrogen-bond acceptors (Lipinski definition) is 2. The molecule has 96 valence electrons. The van der Waals surface area contributed by atoms with Gasteiger partial charge in [-0.25, -0.2) is 0 Å². The zero-order valence-corrected chi connectivity index (χ0v) is 10.1. The van der Waals surface area contributed by atoms with Crippen molar-refractivity contribution in [3.05, 3.63) is 28.8 Å². The van der Waals surface area contributed by atoms with Crippen LogP contribution in [0.15, 0.2) is 18.2 Å². The highest BCUT2D eigenvalue weighted by molar-refractivity contribution is 6.31. The molecule has 0 atom stereocenters. The predicted molar refractivity (Wildman–Crippen MR) is 63.5 cm³/mol. The van der Waals surface area contributed by atoms with E-state index in [0.29, 0.717) is 29.2 Å². The Labute approximate surface area is 103 Å². The summed E-state index contributed by atoms with van der Waals surface area (Å²) in [7, 11) is 1.39. The maximum Gasteiger partial charge on any atom is 0.405 e. The first-order valence-corrected chi connectivity index (χ1v) is 5.48. The van der Waals surface area contributed by atoms with Crippen LogP contribution in [0.3, 0.4) is 0 Å².